The number of fused-ring (bicyclic) bond motifs is 1. The predicted octanol–water partition coefficient (Wildman–Crippen LogP) is 3.89. The zero-order valence-corrected chi connectivity index (χ0v) is 13.4. The molecule has 0 atom stereocenters. The number of benzene rings is 1. The summed E-state index contributed by atoms with van der Waals surface area (Å²) in [5.74, 6) is 0.557. The van der Waals surface area contributed by atoms with Gasteiger partial charge in [0.25, 0.3) is 5.91 Å². The number of hydrogen-bond donors (Lipinski definition) is 1. The Morgan fingerprint density at radius 1 is 1.41 bits per heavy atom. The van der Waals surface area contributed by atoms with Gasteiger partial charge in [0, 0.05) is 29.0 Å². The molecule has 0 aliphatic rings. The summed E-state index contributed by atoms with van der Waals surface area (Å²) in [7, 11) is 1.61. The third-order valence-electron chi connectivity index (χ3n) is 3.22. The summed E-state index contributed by atoms with van der Waals surface area (Å²) in [5.41, 5.74) is 0.940. The minimum absolute atomic E-state index is 0.186. The number of nitrogens with zero attached hydrogens (tertiary/aromatic N) is 1. The van der Waals surface area contributed by atoms with Crippen molar-refractivity contribution in [3.05, 3.63) is 58.2 Å². The van der Waals surface area contributed by atoms with Crippen molar-refractivity contribution >= 4 is 38.9 Å². The SMILES string of the molecule is COc1ccc2c(Cl)c(C(=O)NCc3cccnc3)sc2c1. The normalized spacial score (nSPS) is 10.6. The largest absolute Gasteiger partial charge is 0.497 e. The summed E-state index contributed by atoms with van der Waals surface area (Å²) in [4.78, 5) is 16.9. The number of nitrogens with one attached hydrogen (secondary N) is 1. The van der Waals surface area contributed by atoms with Crippen LogP contribution >= 0.6 is 22.9 Å². The van der Waals surface area contributed by atoms with Gasteiger partial charge in [0.2, 0.25) is 0 Å². The van der Waals surface area contributed by atoms with E-state index in [0.29, 0.717) is 16.4 Å². The number of ether oxygens (including phenoxy) is 1. The first-order chi connectivity index (χ1) is 10.7. The van der Waals surface area contributed by atoms with Crippen molar-refractivity contribution in [2.24, 2.45) is 0 Å². The van der Waals surface area contributed by atoms with Crippen LogP contribution in [0.5, 0.6) is 5.75 Å². The Balaban J connectivity index is 1.83. The van der Waals surface area contributed by atoms with Gasteiger partial charge < -0.3 is 10.1 Å². The van der Waals surface area contributed by atoms with Crippen LogP contribution in [0.15, 0.2) is 42.7 Å². The van der Waals surface area contributed by atoms with Crippen LogP contribution < -0.4 is 10.1 Å². The molecule has 2 aromatic heterocycles. The Labute approximate surface area is 136 Å². The predicted molar refractivity (Wildman–Crippen MR) is 88.8 cm³/mol. The second kappa shape index (κ2) is 6.34. The quantitative estimate of drug-likeness (QED) is 0.788. The zero-order chi connectivity index (χ0) is 15.5. The molecule has 3 aromatic rings. The van der Waals surface area contributed by atoms with Crippen LogP contribution in [0, 0.1) is 0 Å². The van der Waals surface area contributed by atoms with E-state index in [1.165, 1.54) is 11.3 Å². The highest BCUT2D eigenvalue weighted by atomic mass is 35.5. The standard InChI is InChI=1S/C16H13ClN2O2S/c1-21-11-4-5-12-13(7-11)22-15(14(12)17)16(20)19-9-10-3-2-6-18-8-10/h2-8H,9H2,1H3,(H,19,20). The van der Waals surface area contributed by atoms with E-state index in [1.54, 1.807) is 19.5 Å². The molecule has 4 nitrogen and oxygen atoms in total. The number of methoxy groups -OCH3 is 1. The molecule has 6 heteroatoms. The Kier molecular flexibility index (Phi) is 4.27. The minimum Gasteiger partial charge on any atom is -0.497 e. The van der Waals surface area contributed by atoms with Crippen molar-refractivity contribution in [3.8, 4) is 5.75 Å². The van der Waals surface area contributed by atoms with Crippen molar-refractivity contribution in [2.75, 3.05) is 7.11 Å². The Morgan fingerprint density at radius 3 is 3.00 bits per heavy atom. The van der Waals surface area contributed by atoms with Gasteiger partial charge in [-0.25, -0.2) is 0 Å². The molecule has 0 radical (unpaired) electrons. The molecular formula is C16H13ClN2O2S. The first kappa shape index (κ1) is 14.8. The molecule has 2 heterocycles. The van der Waals surface area contributed by atoms with Crippen molar-refractivity contribution in [2.45, 2.75) is 6.54 Å². The molecule has 0 fully saturated rings. The maximum atomic E-state index is 12.3. The molecule has 0 saturated carbocycles. The monoisotopic (exact) mass is 332 g/mol. The molecule has 0 aliphatic carbocycles. The summed E-state index contributed by atoms with van der Waals surface area (Å²) in [6, 6.07) is 9.32. The van der Waals surface area contributed by atoms with E-state index < -0.39 is 0 Å². The van der Waals surface area contributed by atoms with Gasteiger partial charge >= 0.3 is 0 Å². The number of aromatic nitrogens is 1. The molecule has 0 aliphatic heterocycles. The molecule has 22 heavy (non-hydrogen) atoms. The molecule has 112 valence electrons. The lowest BCUT2D eigenvalue weighted by Crippen LogP contribution is -2.22. The lowest BCUT2D eigenvalue weighted by molar-refractivity contribution is 0.0955. The van der Waals surface area contributed by atoms with E-state index in [4.69, 9.17) is 16.3 Å². The lowest BCUT2D eigenvalue weighted by Gasteiger charge is -2.03. The van der Waals surface area contributed by atoms with E-state index in [9.17, 15) is 4.79 Å². The summed E-state index contributed by atoms with van der Waals surface area (Å²) in [6.07, 6.45) is 3.42. The molecule has 3 rings (SSSR count). The number of thiophene rings is 1. The van der Waals surface area contributed by atoms with Crippen LogP contribution in [0.2, 0.25) is 5.02 Å². The smallest absolute Gasteiger partial charge is 0.263 e. The fourth-order valence-corrected chi connectivity index (χ4v) is 3.55. The maximum absolute atomic E-state index is 12.3. The van der Waals surface area contributed by atoms with E-state index in [-0.39, 0.29) is 5.91 Å². The van der Waals surface area contributed by atoms with Gasteiger partial charge in [0.15, 0.2) is 0 Å². The van der Waals surface area contributed by atoms with Crippen LogP contribution in [0.25, 0.3) is 10.1 Å². The number of rotatable bonds is 4. The third kappa shape index (κ3) is 2.91. The van der Waals surface area contributed by atoms with E-state index >= 15 is 0 Å². The number of pyridine rings is 1. The average Bonchev–Trinajstić information content (AvgIpc) is 2.90. The summed E-state index contributed by atoms with van der Waals surface area (Å²) in [6.45, 7) is 0.417. The van der Waals surface area contributed by atoms with E-state index in [2.05, 4.69) is 10.3 Å². The lowest BCUT2D eigenvalue weighted by atomic mass is 10.2. The summed E-state index contributed by atoms with van der Waals surface area (Å²) in [5, 5.41) is 4.20. The van der Waals surface area contributed by atoms with Gasteiger partial charge in [-0.2, -0.15) is 0 Å². The van der Waals surface area contributed by atoms with Crippen LogP contribution in [0.1, 0.15) is 15.2 Å². The molecule has 1 aromatic carbocycles. The Morgan fingerprint density at radius 2 is 2.27 bits per heavy atom. The highest BCUT2D eigenvalue weighted by Crippen LogP contribution is 2.37. The van der Waals surface area contributed by atoms with Gasteiger partial charge in [-0.3, -0.25) is 9.78 Å². The number of carbonyl (C=O) groups is 1. The molecule has 1 N–H and O–H groups in total. The van der Waals surface area contributed by atoms with Crippen LogP contribution in [-0.4, -0.2) is 18.0 Å². The molecule has 1 amide bonds. The first-order valence-corrected chi connectivity index (χ1v) is 7.81. The van der Waals surface area contributed by atoms with Gasteiger partial charge in [0.1, 0.15) is 10.6 Å². The Hall–Kier alpha value is -2.11. The number of halogens is 1. The number of amides is 1. The zero-order valence-electron chi connectivity index (χ0n) is 11.8. The first-order valence-electron chi connectivity index (χ1n) is 6.62. The van der Waals surface area contributed by atoms with Gasteiger partial charge in [0.05, 0.1) is 12.1 Å². The highest BCUT2D eigenvalue weighted by Gasteiger charge is 2.17. The Bertz CT molecular complexity index is 818. The molecule has 0 unspecified atom stereocenters. The summed E-state index contributed by atoms with van der Waals surface area (Å²) < 4.78 is 6.12. The van der Waals surface area contributed by atoms with Gasteiger partial charge in [-0.05, 0) is 29.8 Å². The molecule has 0 spiro atoms. The van der Waals surface area contributed by atoms with E-state index in [1.807, 2.05) is 30.3 Å². The molecular weight excluding hydrogens is 320 g/mol. The molecule has 0 saturated heterocycles. The van der Waals surface area contributed by atoms with Crippen LogP contribution in [0.3, 0.4) is 0 Å². The fourth-order valence-electron chi connectivity index (χ4n) is 2.08. The van der Waals surface area contributed by atoms with Gasteiger partial charge in [-0.1, -0.05) is 17.7 Å². The maximum Gasteiger partial charge on any atom is 0.263 e. The van der Waals surface area contributed by atoms with Crippen molar-refractivity contribution < 1.29 is 9.53 Å². The van der Waals surface area contributed by atoms with Crippen molar-refractivity contribution in [3.63, 3.8) is 0 Å². The second-order valence-electron chi connectivity index (χ2n) is 4.65. The second-order valence-corrected chi connectivity index (χ2v) is 6.08. The van der Waals surface area contributed by atoms with E-state index in [0.717, 1.165) is 21.4 Å². The number of hydrogen-bond acceptors (Lipinski definition) is 4. The third-order valence-corrected chi connectivity index (χ3v) is 4.87. The highest BCUT2D eigenvalue weighted by molar-refractivity contribution is 7.21. The average molecular weight is 333 g/mol. The fraction of sp³-hybridized carbons (Fsp3) is 0.125. The molecule has 0 bridgehead atoms. The van der Waals surface area contributed by atoms with Crippen LogP contribution in [0.4, 0.5) is 0 Å². The van der Waals surface area contributed by atoms with Crippen molar-refractivity contribution in [1.82, 2.24) is 10.3 Å². The minimum atomic E-state index is -0.186. The van der Waals surface area contributed by atoms with Crippen molar-refractivity contribution in [1.29, 1.82) is 0 Å². The number of carbonyl (C=O) groups excluding carboxylic acids is 1. The topological polar surface area (TPSA) is 51.2 Å². The summed E-state index contributed by atoms with van der Waals surface area (Å²) >= 11 is 7.68. The van der Waals surface area contributed by atoms with Crippen LogP contribution in [-0.2, 0) is 6.54 Å². The van der Waals surface area contributed by atoms with Gasteiger partial charge in [-0.15, -0.1) is 11.3 Å².